The summed E-state index contributed by atoms with van der Waals surface area (Å²) >= 11 is 0. The van der Waals surface area contributed by atoms with E-state index >= 15 is 0 Å². The maximum atomic E-state index is 13.8. The summed E-state index contributed by atoms with van der Waals surface area (Å²) in [5.74, 6) is -0.0333. The molecule has 0 spiro atoms. The first-order valence-corrected chi connectivity index (χ1v) is 14.4. The van der Waals surface area contributed by atoms with E-state index in [9.17, 15) is 14.4 Å². The third kappa shape index (κ3) is 5.40. The highest BCUT2D eigenvalue weighted by Gasteiger charge is 2.35. The Morgan fingerprint density at radius 3 is 2.83 bits per heavy atom. The second-order valence-electron chi connectivity index (χ2n) is 11.2. The molecular weight excluding hydrogens is 525 g/mol. The van der Waals surface area contributed by atoms with Crippen LogP contribution in [0.4, 0.5) is 15.9 Å². The van der Waals surface area contributed by atoms with Gasteiger partial charge >= 0.3 is 6.01 Å². The van der Waals surface area contributed by atoms with Gasteiger partial charge in [0.25, 0.3) is 5.91 Å². The molecule has 1 aromatic carbocycles. The van der Waals surface area contributed by atoms with Crippen LogP contribution in [0.25, 0.3) is 0 Å². The number of hydrogen-bond donors (Lipinski definition) is 0. The minimum atomic E-state index is -1.01. The van der Waals surface area contributed by atoms with Gasteiger partial charge in [-0.2, -0.15) is 15.2 Å². The van der Waals surface area contributed by atoms with E-state index in [0.717, 1.165) is 61.6 Å². The van der Waals surface area contributed by atoms with E-state index in [2.05, 4.69) is 40.5 Å². The fourth-order valence-corrected chi connectivity index (χ4v) is 6.53. The van der Waals surface area contributed by atoms with Crippen LogP contribution in [-0.4, -0.2) is 90.7 Å². The lowest BCUT2D eigenvalue weighted by molar-refractivity contribution is -0.131. The number of likely N-dealkylation sites (N-methyl/N-ethyl adjacent to an activating group) is 1. The number of halogens is 1. The molecule has 6 rings (SSSR count). The van der Waals surface area contributed by atoms with E-state index in [1.54, 1.807) is 0 Å². The average molecular weight is 562 g/mol. The second-order valence-corrected chi connectivity index (χ2v) is 11.2. The minimum Gasteiger partial charge on any atom is -0.493 e. The largest absolute Gasteiger partial charge is 0.493 e. The Morgan fingerprint density at radius 1 is 1.17 bits per heavy atom. The first-order chi connectivity index (χ1) is 19.9. The molecule has 0 aliphatic carbocycles. The average Bonchev–Trinajstić information content (AvgIpc) is 3.63. The zero-order valence-corrected chi connectivity index (χ0v) is 23.5. The van der Waals surface area contributed by atoms with Crippen LogP contribution < -0.4 is 19.3 Å². The van der Waals surface area contributed by atoms with Crippen LogP contribution in [0.1, 0.15) is 36.1 Å². The lowest BCUT2D eigenvalue weighted by atomic mass is 10.0. The highest BCUT2D eigenvalue weighted by Crippen LogP contribution is 2.38. The summed E-state index contributed by atoms with van der Waals surface area (Å²) in [6.07, 6.45) is 3.95. The number of anilines is 2. The molecule has 11 heteroatoms. The second kappa shape index (κ2) is 11.5. The molecule has 41 heavy (non-hydrogen) atoms. The van der Waals surface area contributed by atoms with Crippen molar-refractivity contribution in [3.63, 3.8) is 0 Å². The van der Waals surface area contributed by atoms with E-state index in [-0.39, 0.29) is 13.0 Å². The number of benzene rings is 1. The van der Waals surface area contributed by atoms with Gasteiger partial charge in [-0.1, -0.05) is 12.6 Å². The first kappa shape index (κ1) is 27.3. The highest BCUT2D eigenvalue weighted by molar-refractivity contribution is 5.91. The molecule has 0 bridgehead atoms. The SMILES string of the molecule is C=C(F)C(=O)N1CCN(c2nc(OC[C@@H]3CCCN3C)nc3c2CCN(c2cccc4c2CCO4)C3)C[C@@H]1CC#N. The van der Waals surface area contributed by atoms with Crippen LogP contribution in [0.2, 0.25) is 0 Å². The zero-order chi connectivity index (χ0) is 28.5. The van der Waals surface area contributed by atoms with Gasteiger partial charge in [0, 0.05) is 55.5 Å². The molecule has 2 atom stereocenters. The maximum Gasteiger partial charge on any atom is 0.318 e. The topological polar surface area (TPSA) is 98.1 Å². The number of nitriles is 1. The van der Waals surface area contributed by atoms with Gasteiger partial charge in [-0.15, -0.1) is 0 Å². The van der Waals surface area contributed by atoms with Crippen molar-refractivity contribution < 1.29 is 18.7 Å². The van der Waals surface area contributed by atoms with Gasteiger partial charge < -0.3 is 29.1 Å². The predicted molar refractivity (Wildman–Crippen MR) is 152 cm³/mol. The van der Waals surface area contributed by atoms with E-state index in [1.165, 1.54) is 16.2 Å². The Balaban J connectivity index is 1.31. The van der Waals surface area contributed by atoms with Crippen LogP contribution in [-0.2, 0) is 24.2 Å². The van der Waals surface area contributed by atoms with Crippen LogP contribution in [0.5, 0.6) is 11.8 Å². The van der Waals surface area contributed by atoms with Crippen molar-refractivity contribution in [1.82, 2.24) is 19.8 Å². The number of rotatable bonds is 7. The lowest BCUT2D eigenvalue weighted by Gasteiger charge is -2.42. The summed E-state index contributed by atoms with van der Waals surface area (Å²) in [5.41, 5.74) is 4.38. The maximum absolute atomic E-state index is 13.8. The van der Waals surface area contributed by atoms with Crippen molar-refractivity contribution in [3.05, 3.63) is 47.4 Å². The summed E-state index contributed by atoms with van der Waals surface area (Å²) in [7, 11) is 2.11. The quantitative estimate of drug-likeness (QED) is 0.473. The number of hydrogen-bond acceptors (Lipinski definition) is 9. The smallest absolute Gasteiger partial charge is 0.318 e. The van der Waals surface area contributed by atoms with Crippen molar-refractivity contribution >= 4 is 17.4 Å². The summed E-state index contributed by atoms with van der Waals surface area (Å²) < 4.78 is 25.8. The molecule has 0 radical (unpaired) electrons. The monoisotopic (exact) mass is 561 g/mol. The van der Waals surface area contributed by atoms with Crippen LogP contribution in [0.15, 0.2) is 30.6 Å². The number of fused-ring (bicyclic) bond motifs is 2. The van der Waals surface area contributed by atoms with Gasteiger partial charge in [0.05, 0.1) is 37.4 Å². The number of carbonyl (C=O) groups is 1. The Labute approximate surface area is 239 Å². The molecule has 1 aromatic heterocycles. The lowest BCUT2D eigenvalue weighted by Crippen LogP contribution is -2.55. The normalized spacial score (nSPS) is 22.1. The number of amides is 1. The Hall–Kier alpha value is -3.91. The molecule has 0 saturated carbocycles. The van der Waals surface area contributed by atoms with E-state index in [4.69, 9.17) is 19.4 Å². The standard InChI is InChI=1S/C30H36FN7O3/c1-20(31)29(39)38-15-14-37(17-21(38)8-11-32)28-23-9-13-36(26-6-3-7-27-24(26)10-16-40-27)18-25(23)33-30(34-28)41-19-22-5-4-12-35(22)2/h3,6-7,21-22H,1,4-5,8-10,12-19H2,2H3/t21-,22-/m0/s1. The van der Waals surface area contributed by atoms with Crippen molar-refractivity contribution in [3.8, 4) is 17.8 Å². The number of carbonyl (C=O) groups excluding carboxylic acids is 1. The molecule has 4 aliphatic rings. The fourth-order valence-electron chi connectivity index (χ4n) is 6.53. The van der Waals surface area contributed by atoms with Crippen molar-refractivity contribution in [2.45, 2.75) is 50.7 Å². The Bertz CT molecular complexity index is 1380. The molecular formula is C30H36FN7O3. The molecule has 4 aliphatic heterocycles. The molecule has 1 amide bonds. The molecule has 0 N–H and O–H groups in total. The van der Waals surface area contributed by atoms with E-state index in [1.807, 2.05) is 12.1 Å². The predicted octanol–water partition coefficient (Wildman–Crippen LogP) is 2.86. The Morgan fingerprint density at radius 2 is 2.05 bits per heavy atom. The summed E-state index contributed by atoms with van der Waals surface area (Å²) in [5, 5.41) is 9.46. The third-order valence-electron chi connectivity index (χ3n) is 8.76. The minimum absolute atomic E-state index is 0.0924. The van der Waals surface area contributed by atoms with E-state index < -0.39 is 17.8 Å². The highest BCUT2D eigenvalue weighted by atomic mass is 19.1. The molecule has 216 valence electrons. The fraction of sp³-hybridized carbons (Fsp3) is 0.533. The number of likely N-dealkylation sites (tertiary alicyclic amines) is 1. The van der Waals surface area contributed by atoms with Crippen molar-refractivity contribution in [1.29, 1.82) is 5.26 Å². The van der Waals surface area contributed by atoms with Gasteiger partial charge in [-0.25, -0.2) is 4.39 Å². The van der Waals surface area contributed by atoms with Crippen molar-refractivity contribution in [2.75, 3.05) is 62.8 Å². The number of ether oxygens (including phenoxy) is 2. The molecule has 10 nitrogen and oxygen atoms in total. The van der Waals surface area contributed by atoms with Gasteiger partial charge in [0.1, 0.15) is 18.2 Å². The molecule has 2 aromatic rings. The zero-order valence-electron chi connectivity index (χ0n) is 23.5. The number of piperazine rings is 1. The van der Waals surface area contributed by atoms with Crippen LogP contribution in [0.3, 0.4) is 0 Å². The van der Waals surface area contributed by atoms with Crippen LogP contribution >= 0.6 is 0 Å². The molecule has 0 unspecified atom stereocenters. The van der Waals surface area contributed by atoms with Gasteiger partial charge in [0.2, 0.25) is 0 Å². The summed E-state index contributed by atoms with van der Waals surface area (Å²) in [6.45, 7) is 7.96. The number of aromatic nitrogens is 2. The number of nitrogens with zero attached hydrogens (tertiary/aromatic N) is 7. The summed E-state index contributed by atoms with van der Waals surface area (Å²) in [6, 6.07) is 8.56. The van der Waals surface area contributed by atoms with Crippen LogP contribution in [0, 0.1) is 11.3 Å². The van der Waals surface area contributed by atoms with Crippen molar-refractivity contribution in [2.24, 2.45) is 0 Å². The van der Waals surface area contributed by atoms with Gasteiger partial charge in [-0.3, -0.25) is 4.79 Å². The first-order valence-electron chi connectivity index (χ1n) is 14.4. The third-order valence-corrected chi connectivity index (χ3v) is 8.76. The molecule has 2 fully saturated rings. The summed E-state index contributed by atoms with van der Waals surface area (Å²) in [4.78, 5) is 30.5. The van der Waals surface area contributed by atoms with E-state index in [0.29, 0.717) is 44.9 Å². The van der Waals surface area contributed by atoms with Gasteiger partial charge in [-0.05, 0) is 45.0 Å². The van der Waals surface area contributed by atoms with Gasteiger partial charge in [0.15, 0.2) is 5.83 Å². The Kier molecular flexibility index (Phi) is 7.67. The molecule has 5 heterocycles. The molecule has 2 saturated heterocycles.